The van der Waals surface area contributed by atoms with E-state index in [0.717, 1.165) is 88.7 Å². The van der Waals surface area contributed by atoms with E-state index in [4.69, 9.17) is 18.2 Å². The van der Waals surface area contributed by atoms with Gasteiger partial charge in [0, 0.05) is 49.7 Å². The van der Waals surface area contributed by atoms with Crippen LogP contribution in [-0.2, 0) is 0 Å². The molecule has 0 atom stereocenters. The smallest absolute Gasteiger partial charge is 0.227 e. The Balaban J connectivity index is 0.986. The number of furan rings is 2. The van der Waals surface area contributed by atoms with Crippen molar-refractivity contribution in [2.24, 2.45) is 0 Å². The molecule has 5 heteroatoms. The van der Waals surface area contributed by atoms with E-state index in [1.165, 1.54) is 11.1 Å². The second-order valence-electron chi connectivity index (χ2n) is 13.6. The third-order valence-corrected chi connectivity index (χ3v) is 10.3. The molecule has 0 radical (unpaired) electrons. The Bertz CT molecular complexity index is 3150. The Morgan fingerprint density at radius 1 is 0.333 bits per heavy atom. The van der Waals surface area contributed by atoms with Gasteiger partial charge in [-0.05, 0) is 95.6 Å². The van der Waals surface area contributed by atoms with E-state index in [1.807, 2.05) is 60.7 Å². The maximum atomic E-state index is 6.35. The van der Waals surface area contributed by atoms with Gasteiger partial charge in [-0.2, -0.15) is 0 Å². The Morgan fingerprint density at radius 3 is 1.65 bits per heavy atom. The van der Waals surface area contributed by atoms with Gasteiger partial charge in [0.1, 0.15) is 27.8 Å². The van der Waals surface area contributed by atoms with Crippen LogP contribution in [0.4, 0.5) is 17.1 Å². The fourth-order valence-electron chi connectivity index (χ4n) is 7.69. The molecule has 0 bridgehead atoms. The van der Waals surface area contributed by atoms with Gasteiger partial charge in [0.2, 0.25) is 5.89 Å². The lowest BCUT2D eigenvalue weighted by Crippen LogP contribution is -2.09. The summed E-state index contributed by atoms with van der Waals surface area (Å²) in [5.74, 6) is 0.559. The SMILES string of the molecule is c1ccc(-c2ccc(N(c3ccc(-c4cccc5oc(-c6ccc7c(c6)oc6ccccc67)nc45)cc3)c3ccc4oc5ccccc5c4c3)cc2)cc1. The molecule has 0 aliphatic carbocycles. The van der Waals surface area contributed by atoms with E-state index in [2.05, 4.69) is 126 Å². The molecule has 5 nitrogen and oxygen atoms in total. The summed E-state index contributed by atoms with van der Waals surface area (Å²) < 4.78 is 18.7. The second kappa shape index (κ2) is 12.1. The number of hydrogen-bond donors (Lipinski definition) is 0. The van der Waals surface area contributed by atoms with E-state index in [0.29, 0.717) is 5.89 Å². The predicted octanol–water partition coefficient (Wildman–Crippen LogP) is 14.1. The first kappa shape index (κ1) is 30.3. The summed E-state index contributed by atoms with van der Waals surface area (Å²) in [7, 11) is 0. The summed E-state index contributed by atoms with van der Waals surface area (Å²) in [6.45, 7) is 0. The fraction of sp³-hybridized carbons (Fsp3) is 0. The molecule has 0 N–H and O–H groups in total. The van der Waals surface area contributed by atoms with Crippen LogP contribution in [0.1, 0.15) is 0 Å². The number of rotatable bonds is 6. The number of para-hydroxylation sites is 3. The summed E-state index contributed by atoms with van der Waals surface area (Å²) in [5.41, 5.74) is 13.4. The zero-order valence-corrected chi connectivity index (χ0v) is 28.9. The number of aromatic nitrogens is 1. The third-order valence-electron chi connectivity index (χ3n) is 10.3. The van der Waals surface area contributed by atoms with Gasteiger partial charge in [0.05, 0.1) is 0 Å². The van der Waals surface area contributed by atoms with Crippen molar-refractivity contribution in [2.45, 2.75) is 0 Å². The topological polar surface area (TPSA) is 55.6 Å². The summed E-state index contributed by atoms with van der Waals surface area (Å²) in [4.78, 5) is 7.32. The highest BCUT2D eigenvalue weighted by Gasteiger charge is 2.18. The van der Waals surface area contributed by atoms with E-state index >= 15 is 0 Å². The Kier molecular flexibility index (Phi) is 6.79. The highest BCUT2D eigenvalue weighted by Crippen LogP contribution is 2.41. The van der Waals surface area contributed by atoms with Crippen LogP contribution in [0, 0.1) is 0 Å². The highest BCUT2D eigenvalue weighted by molar-refractivity contribution is 6.07. The van der Waals surface area contributed by atoms with Crippen molar-refractivity contribution in [1.82, 2.24) is 4.98 Å². The Morgan fingerprint density at radius 2 is 0.889 bits per heavy atom. The number of benzene rings is 8. The highest BCUT2D eigenvalue weighted by atomic mass is 16.4. The van der Waals surface area contributed by atoms with E-state index in [1.54, 1.807) is 0 Å². The van der Waals surface area contributed by atoms with Crippen LogP contribution in [0.25, 0.3) is 88.7 Å². The monoisotopic (exact) mass is 694 g/mol. The molecule has 254 valence electrons. The molecule has 54 heavy (non-hydrogen) atoms. The summed E-state index contributed by atoms with van der Waals surface area (Å²) in [6, 6.07) is 62.9. The molecule has 0 aliphatic heterocycles. The van der Waals surface area contributed by atoms with Crippen LogP contribution in [-0.4, -0.2) is 4.98 Å². The normalized spacial score (nSPS) is 11.7. The van der Waals surface area contributed by atoms with Crippen molar-refractivity contribution in [3.8, 4) is 33.7 Å². The van der Waals surface area contributed by atoms with Crippen LogP contribution in [0.5, 0.6) is 0 Å². The predicted molar refractivity (Wildman–Crippen MR) is 220 cm³/mol. The molecule has 0 spiro atoms. The molecule has 11 rings (SSSR count). The molecule has 0 aliphatic rings. The lowest BCUT2D eigenvalue weighted by atomic mass is 10.0. The van der Waals surface area contributed by atoms with Crippen LogP contribution in [0.2, 0.25) is 0 Å². The minimum atomic E-state index is 0.559. The minimum Gasteiger partial charge on any atom is -0.456 e. The van der Waals surface area contributed by atoms with Gasteiger partial charge >= 0.3 is 0 Å². The van der Waals surface area contributed by atoms with Crippen molar-refractivity contribution in [3.63, 3.8) is 0 Å². The van der Waals surface area contributed by atoms with Gasteiger partial charge in [0.15, 0.2) is 5.58 Å². The molecular formula is C49H30N2O3. The standard InChI is InChI=1S/C49H30N2O3/c1-2-9-31(10-3-1)32-17-22-35(23-18-32)51(37-26-28-45-42(30-37)40-12-5-7-15-44(40)52-45)36-24-19-33(20-25-36)38-13-8-16-46-48(38)50-49(54-46)34-21-27-41-39-11-4-6-14-43(39)53-47(41)29-34/h1-30H. The van der Waals surface area contributed by atoms with Gasteiger partial charge in [-0.25, -0.2) is 4.98 Å². The molecule has 3 aromatic heterocycles. The first-order valence-corrected chi connectivity index (χ1v) is 18.0. The average Bonchev–Trinajstić information content (AvgIpc) is 3.95. The first-order chi connectivity index (χ1) is 26.7. The lowest BCUT2D eigenvalue weighted by molar-refractivity contribution is 0.619. The molecule has 3 heterocycles. The number of fused-ring (bicyclic) bond motifs is 7. The quantitative estimate of drug-likeness (QED) is 0.173. The van der Waals surface area contributed by atoms with Crippen LogP contribution in [0.15, 0.2) is 195 Å². The molecule has 0 unspecified atom stereocenters. The summed E-state index contributed by atoms with van der Waals surface area (Å²) in [6.07, 6.45) is 0. The van der Waals surface area contributed by atoms with Gasteiger partial charge in [0.25, 0.3) is 0 Å². The number of oxazole rings is 1. The van der Waals surface area contributed by atoms with E-state index in [-0.39, 0.29) is 0 Å². The minimum absolute atomic E-state index is 0.559. The average molecular weight is 695 g/mol. The zero-order valence-electron chi connectivity index (χ0n) is 28.9. The third kappa shape index (κ3) is 4.98. The van der Waals surface area contributed by atoms with Crippen LogP contribution in [0.3, 0.4) is 0 Å². The second-order valence-corrected chi connectivity index (χ2v) is 13.6. The lowest BCUT2D eigenvalue weighted by Gasteiger charge is -2.26. The van der Waals surface area contributed by atoms with Gasteiger partial charge in [-0.15, -0.1) is 0 Å². The summed E-state index contributed by atoms with van der Waals surface area (Å²) in [5, 5.41) is 4.35. The molecule has 11 aromatic rings. The zero-order chi connectivity index (χ0) is 35.6. The molecule has 0 saturated heterocycles. The maximum absolute atomic E-state index is 6.35. The first-order valence-electron chi connectivity index (χ1n) is 18.0. The number of nitrogens with zero attached hydrogens (tertiary/aromatic N) is 2. The van der Waals surface area contributed by atoms with Crippen molar-refractivity contribution in [2.75, 3.05) is 4.90 Å². The molecule has 0 fully saturated rings. The molecule has 8 aromatic carbocycles. The van der Waals surface area contributed by atoms with Gasteiger partial charge in [-0.3, -0.25) is 0 Å². The maximum Gasteiger partial charge on any atom is 0.227 e. The van der Waals surface area contributed by atoms with Crippen LogP contribution < -0.4 is 4.90 Å². The molecular weight excluding hydrogens is 665 g/mol. The van der Waals surface area contributed by atoms with Gasteiger partial charge < -0.3 is 18.2 Å². The van der Waals surface area contributed by atoms with Crippen LogP contribution >= 0.6 is 0 Å². The number of hydrogen-bond acceptors (Lipinski definition) is 5. The Labute approximate surface area is 309 Å². The van der Waals surface area contributed by atoms with Crippen molar-refractivity contribution < 1.29 is 13.3 Å². The summed E-state index contributed by atoms with van der Waals surface area (Å²) >= 11 is 0. The number of anilines is 3. The Hall–Kier alpha value is -7.37. The fourth-order valence-corrected chi connectivity index (χ4v) is 7.69. The largest absolute Gasteiger partial charge is 0.456 e. The van der Waals surface area contributed by atoms with Crippen molar-refractivity contribution >= 4 is 72.0 Å². The van der Waals surface area contributed by atoms with E-state index in [9.17, 15) is 0 Å². The van der Waals surface area contributed by atoms with Crippen molar-refractivity contribution in [3.05, 3.63) is 182 Å². The van der Waals surface area contributed by atoms with Crippen molar-refractivity contribution in [1.29, 1.82) is 0 Å². The molecule has 0 saturated carbocycles. The van der Waals surface area contributed by atoms with Gasteiger partial charge in [-0.1, -0.05) is 103 Å². The van der Waals surface area contributed by atoms with E-state index < -0.39 is 0 Å². The molecule has 0 amide bonds.